The Hall–Kier alpha value is -0.340. The summed E-state index contributed by atoms with van der Waals surface area (Å²) < 4.78 is 0. The van der Waals surface area contributed by atoms with Gasteiger partial charge in [0.1, 0.15) is 0 Å². The number of thiophene rings is 1. The van der Waals surface area contributed by atoms with E-state index in [1.54, 1.807) is 10.4 Å². The first-order valence-electron chi connectivity index (χ1n) is 9.36. The van der Waals surface area contributed by atoms with Crippen molar-refractivity contribution >= 4 is 11.3 Å². The fraction of sp³-hybridized carbons (Fsp3) is 0.800. The lowest BCUT2D eigenvalue weighted by Gasteiger charge is -2.62. The molecule has 1 N–H and O–H groups in total. The van der Waals surface area contributed by atoms with Gasteiger partial charge in [-0.15, -0.1) is 11.3 Å². The van der Waals surface area contributed by atoms with Crippen LogP contribution in [0.5, 0.6) is 0 Å². The normalized spacial score (nSPS) is 37.2. The lowest BCUT2D eigenvalue weighted by atomic mass is 9.45. The van der Waals surface area contributed by atoms with Gasteiger partial charge in [0.15, 0.2) is 0 Å². The highest BCUT2D eigenvalue weighted by atomic mass is 32.1. The van der Waals surface area contributed by atoms with Crippen molar-refractivity contribution in [3.8, 4) is 0 Å². The van der Waals surface area contributed by atoms with Crippen LogP contribution >= 0.6 is 11.3 Å². The van der Waals surface area contributed by atoms with Gasteiger partial charge in [0.2, 0.25) is 0 Å². The molecule has 0 radical (unpaired) electrons. The van der Waals surface area contributed by atoms with E-state index < -0.39 is 0 Å². The van der Waals surface area contributed by atoms with Gasteiger partial charge in [-0.2, -0.15) is 0 Å². The van der Waals surface area contributed by atoms with Gasteiger partial charge in [-0.25, -0.2) is 0 Å². The van der Waals surface area contributed by atoms with Gasteiger partial charge >= 0.3 is 0 Å². The van der Waals surface area contributed by atoms with Crippen LogP contribution in [0.15, 0.2) is 11.4 Å². The van der Waals surface area contributed by atoms with E-state index in [0.29, 0.717) is 5.41 Å². The van der Waals surface area contributed by atoms with Crippen molar-refractivity contribution in [2.45, 2.75) is 77.8 Å². The summed E-state index contributed by atoms with van der Waals surface area (Å²) >= 11 is 1.98. The van der Waals surface area contributed by atoms with Crippen LogP contribution in [0.3, 0.4) is 0 Å². The van der Waals surface area contributed by atoms with Crippen molar-refractivity contribution in [3.05, 3.63) is 21.9 Å². The first kappa shape index (κ1) is 15.2. The van der Waals surface area contributed by atoms with Gasteiger partial charge in [-0.1, -0.05) is 33.6 Å². The van der Waals surface area contributed by atoms with E-state index in [1.807, 2.05) is 11.3 Å². The van der Waals surface area contributed by atoms with Crippen LogP contribution in [0.1, 0.15) is 75.7 Å². The van der Waals surface area contributed by atoms with E-state index in [2.05, 4.69) is 37.5 Å². The Bertz CT molecular complexity index is 526. The molecule has 2 bridgehead atoms. The fourth-order valence-corrected chi connectivity index (χ4v) is 6.53. The Labute approximate surface area is 139 Å². The summed E-state index contributed by atoms with van der Waals surface area (Å²) in [6, 6.07) is 3.24. The highest BCUT2D eigenvalue weighted by molar-refractivity contribution is 7.10. The Morgan fingerprint density at radius 3 is 2.68 bits per heavy atom. The Morgan fingerprint density at radius 1 is 1.23 bits per heavy atom. The van der Waals surface area contributed by atoms with Crippen molar-refractivity contribution < 1.29 is 0 Å². The Kier molecular flexibility index (Phi) is 3.89. The van der Waals surface area contributed by atoms with Crippen molar-refractivity contribution in [2.24, 2.45) is 23.2 Å². The molecule has 5 rings (SSSR count). The van der Waals surface area contributed by atoms with Crippen LogP contribution < -0.4 is 5.32 Å². The fourth-order valence-electron chi connectivity index (χ4n) is 5.61. The van der Waals surface area contributed by atoms with E-state index in [9.17, 15) is 0 Å². The summed E-state index contributed by atoms with van der Waals surface area (Å²) in [5.41, 5.74) is 2.23. The number of hydrogen-bond donors (Lipinski definition) is 1. The standard InChI is InChI=1S/C20H31NS/c1-13-18-9-16(20(18,2)3)10-19(13)21-11-17-8-15(12-22-17)14-6-4-5-7-14/h8,12-14,16,18-19,21H,4-7,9-11H2,1-3H3/t13-,16-,18+,19-/m1/s1. The zero-order valence-corrected chi connectivity index (χ0v) is 15.2. The predicted octanol–water partition coefficient (Wildman–Crippen LogP) is 5.57. The molecule has 0 amide bonds. The zero-order chi connectivity index (χ0) is 15.3. The maximum atomic E-state index is 3.90. The van der Waals surface area contributed by atoms with Gasteiger partial charge in [-0.3, -0.25) is 0 Å². The summed E-state index contributed by atoms with van der Waals surface area (Å²) in [6.45, 7) is 8.56. The summed E-state index contributed by atoms with van der Waals surface area (Å²) in [6.07, 6.45) is 8.59. The van der Waals surface area contributed by atoms with Crippen molar-refractivity contribution in [2.75, 3.05) is 0 Å². The molecular formula is C20H31NS. The molecule has 2 heteroatoms. The summed E-state index contributed by atoms with van der Waals surface area (Å²) in [4.78, 5) is 1.55. The van der Waals surface area contributed by atoms with Crippen LogP contribution in [0.4, 0.5) is 0 Å². The molecule has 0 saturated heterocycles. The number of fused-ring (bicyclic) bond motifs is 2. The lowest BCUT2D eigenvalue weighted by Crippen LogP contribution is -2.59. The van der Waals surface area contributed by atoms with Crippen LogP contribution in [0.25, 0.3) is 0 Å². The molecule has 0 aliphatic heterocycles. The third-order valence-corrected chi connectivity index (χ3v) is 8.35. The summed E-state index contributed by atoms with van der Waals surface area (Å²) in [5.74, 6) is 3.62. The molecule has 0 spiro atoms. The minimum absolute atomic E-state index is 0.607. The molecule has 22 heavy (non-hydrogen) atoms. The van der Waals surface area contributed by atoms with Crippen molar-refractivity contribution in [1.82, 2.24) is 5.32 Å². The van der Waals surface area contributed by atoms with Gasteiger partial charge in [0.25, 0.3) is 0 Å². The van der Waals surface area contributed by atoms with Gasteiger partial charge in [0, 0.05) is 17.5 Å². The number of nitrogens with one attached hydrogen (secondary N) is 1. The maximum Gasteiger partial charge on any atom is 0.0302 e. The van der Waals surface area contributed by atoms with E-state index in [1.165, 1.54) is 38.5 Å². The second-order valence-corrected chi connectivity index (χ2v) is 9.77. The largest absolute Gasteiger partial charge is 0.309 e. The van der Waals surface area contributed by atoms with Gasteiger partial charge in [-0.05, 0) is 71.8 Å². The minimum atomic E-state index is 0.607. The average molecular weight is 318 g/mol. The SMILES string of the molecule is C[C@H]1[C@H](NCc2cc(C3CCCC3)cs2)C[C@H]2C[C@@H]1C2(C)C. The first-order valence-corrected chi connectivity index (χ1v) is 10.2. The molecule has 4 saturated carbocycles. The second kappa shape index (κ2) is 5.63. The molecule has 1 aromatic heterocycles. The summed E-state index contributed by atoms with van der Waals surface area (Å²) in [5, 5.41) is 6.33. The molecular weight excluding hydrogens is 286 g/mol. The van der Waals surface area contributed by atoms with Gasteiger partial charge < -0.3 is 5.32 Å². The molecule has 4 aliphatic rings. The molecule has 4 fully saturated rings. The third-order valence-electron chi connectivity index (χ3n) is 7.39. The molecule has 1 nitrogen and oxygen atoms in total. The van der Waals surface area contributed by atoms with E-state index in [4.69, 9.17) is 0 Å². The second-order valence-electron chi connectivity index (χ2n) is 8.77. The first-order chi connectivity index (χ1) is 10.6. The Balaban J connectivity index is 1.34. The van der Waals surface area contributed by atoms with Crippen LogP contribution in [-0.2, 0) is 6.54 Å². The predicted molar refractivity (Wildman–Crippen MR) is 95.3 cm³/mol. The average Bonchev–Trinajstić information content (AvgIpc) is 3.16. The third kappa shape index (κ3) is 2.47. The molecule has 1 aromatic rings. The van der Waals surface area contributed by atoms with Crippen LogP contribution in [0.2, 0.25) is 0 Å². The minimum Gasteiger partial charge on any atom is -0.309 e. The smallest absolute Gasteiger partial charge is 0.0302 e. The number of hydrogen-bond acceptors (Lipinski definition) is 2. The molecule has 4 aliphatic carbocycles. The summed E-state index contributed by atoms with van der Waals surface area (Å²) in [7, 11) is 0. The van der Waals surface area contributed by atoms with Crippen LogP contribution in [-0.4, -0.2) is 6.04 Å². The molecule has 122 valence electrons. The zero-order valence-electron chi connectivity index (χ0n) is 14.4. The molecule has 1 heterocycles. The highest BCUT2D eigenvalue weighted by Crippen LogP contribution is 2.61. The quantitative estimate of drug-likeness (QED) is 0.766. The monoisotopic (exact) mass is 317 g/mol. The molecule has 0 aromatic carbocycles. The number of rotatable bonds is 4. The molecule has 4 atom stereocenters. The lowest BCUT2D eigenvalue weighted by molar-refractivity contribution is -0.115. The van der Waals surface area contributed by atoms with Crippen LogP contribution in [0, 0.1) is 23.2 Å². The van der Waals surface area contributed by atoms with E-state index in [0.717, 1.165) is 36.3 Å². The Morgan fingerprint density at radius 2 is 2.00 bits per heavy atom. The topological polar surface area (TPSA) is 12.0 Å². The molecule has 0 unspecified atom stereocenters. The highest BCUT2D eigenvalue weighted by Gasteiger charge is 2.55. The van der Waals surface area contributed by atoms with E-state index in [-0.39, 0.29) is 0 Å². The van der Waals surface area contributed by atoms with Crippen molar-refractivity contribution in [1.29, 1.82) is 0 Å². The maximum absolute atomic E-state index is 3.90. The van der Waals surface area contributed by atoms with Crippen molar-refractivity contribution in [3.63, 3.8) is 0 Å². The van der Waals surface area contributed by atoms with E-state index >= 15 is 0 Å². The van der Waals surface area contributed by atoms with Gasteiger partial charge in [0.05, 0.1) is 0 Å².